The molecule has 4 rings (SSSR count). The van der Waals surface area contributed by atoms with Crippen LogP contribution in [0.5, 0.6) is 5.75 Å². The van der Waals surface area contributed by atoms with Crippen molar-refractivity contribution in [1.82, 2.24) is 20.6 Å². The third-order valence-corrected chi connectivity index (χ3v) is 6.60. The van der Waals surface area contributed by atoms with Crippen molar-refractivity contribution in [3.8, 4) is 5.75 Å². The van der Waals surface area contributed by atoms with E-state index in [1.807, 2.05) is 26.0 Å². The van der Waals surface area contributed by atoms with Crippen LogP contribution >= 0.6 is 11.3 Å². The number of rotatable bonds is 12. The number of carbonyl (C=O) groups is 2. The molecule has 206 valence electrons. The molecule has 1 saturated heterocycles. The summed E-state index contributed by atoms with van der Waals surface area (Å²) in [5.74, 6) is -0.843. The predicted octanol–water partition coefficient (Wildman–Crippen LogP) is 1.28. The molecule has 2 aromatic heterocycles. The highest BCUT2D eigenvalue weighted by atomic mass is 32.1. The van der Waals surface area contributed by atoms with Crippen molar-refractivity contribution in [1.29, 1.82) is 0 Å². The number of nitrogens with two attached hydrogens (primary N) is 2. The van der Waals surface area contributed by atoms with Crippen molar-refractivity contribution in [3.05, 3.63) is 53.8 Å². The number of oxime groups is 1. The van der Waals surface area contributed by atoms with Crippen LogP contribution in [0.3, 0.4) is 0 Å². The molecule has 0 bridgehead atoms. The lowest BCUT2D eigenvalue weighted by Gasteiger charge is -2.48. The molecule has 0 radical (unpaired) electrons. The van der Waals surface area contributed by atoms with E-state index in [4.69, 9.17) is 21.0 Å². The molecule has 0 aliphatic carbocycles. The Kier molecular flexibility index (Phi) is 8.16. The Bertz CT molecular complexity index is 1420. The van der Waals surface area contributed by atoms with Crippen LogP contribution in [0.1, 0.15) is 19.5 Å². The summed E-state index contributed by atoms with van der Waals surface area (Å²) in [6, 6.07) is 6.69. The van der Waals surface area contributed by atoms with Gasteiger partial charge in [0.05, 0.1) is 11.6 Å². The number of fused-ring (bicyclic) bond motifs is 1. The van der Waals surface area contributed by atoms with E-state index in [1.54, 1.807) is 18.3 Å². The molecule has 1 aliphatic heterocycles. The number of nitrogen functional groups attached to an aromatic ring is 1. The summed E-state index contributed by atoms with van der Waals surface area (Å²) < 4.78 is 5.70. The summed E-state index contributed by atoms with van der Waals surface area (Å²) in [6.07, 6.45) is 0.131. The number of ether oxygens (including phenoxy) is 1. The molecule has 39 heavy (non-hydrogen) atoms. The predicted molar refractivity (Wildman–Crippen MR) is 149 cm³/mol. The number of pyridine rings is 1. The molecule has 8 N–H and O–H groups in total. The number of anilines is 2. The maximum absolute atomic E-state index is 13.1. The number of carboxylic acids is 1. The Morgan fingerprint density at radius 3 is 2.79 bits per heavy atom. The fourth-order valence-electron chi connectivity index (χ4n) is 4.00. The zero-order chi connectivity index (χ0) is 28.2. The highest BCUT2D eigenvalue weighted by molar-refractivity contribution is 7.13. The molecule has 3 heterocycles. The molecule has 1 amide bonds. The highest BCUT2D eigenvalue weighted by Crippen LogP contribution is 2.27. The lowest BCUT2D eigenvalue weighted by molar-refractivity contribution is -0.152. The molecule has 3 aromatic rings. The fourth-order valence-corrected chi connectivity index (χ4v) is 4.54. The van der Waals surface area contributed by atoms with Gasteiger partial charge in [-0.3, -0.25) is 4.79 Å². The van der Waals surface area contributed by atoms with Gasteiger partial charge in [-0.15, -0.1) is 11.3 Å². The molecule has 14 heteroatoms. The normalized spacial score (nSPS) is 17.1. The van der Waals surface area contributed by atoms with E-state index in [2.05, 4.69) is 37.7 Å². The largest absolute Gasteiger partial charge is 0.489 e. The van der Waals surface area contributed by atoms with Crippen LogP contribution in [0.25, 0.3) is 10.8 Å². The zero-order valence-corrected chi connectivity index (χ0v) is 22.2. The van der Waals surface area contributed by atoms with Crippen LogP contribution < -0.4 is 32.2 Å². The number of carboxylic acid groups (broad SMARTS) is 1. The minimum Gasteiger partial charge on any atom is -0.489 e. The van der Waals surface area contributed by atoms with Gasteiger partial charge in [0.2, 0.25) is 0 Å². The van der Waals surface area contributed by atoms with Gasteiger partial charge in [-0.25, -0.2) is 14.8 Å². The molecular formula is C25H30N8O5S. The van der Waals surface area contributed by atoms with Gasteiger partial charge in [0.1, 0.15) is 23.9 Å². The zero-order valence-electron chi connectivity index (χ0n) is 21.4. The summed E-state index contributed by atoms with van der Waals surface area (Å²) in [5.41, 5.74) is 11.4. The van der Waals surface area contributed by atoms with E-state index >= 15 is 0 Å². The number of carbonyl (C=O) groups excluding carboxylic acids is 1. The second kappa shape index (κ2) is 11.5. The maximum Gasteiger partial charge on any atom is 0.351 e. The molecule has 13 nitrogen and oxygen atoms in total. The summed E-state index contributed by atoms with van der Waals surface area (Å²) >= 11 is 1.11. The van der Waals surface area contributed by atoms with Crippen molar-refractivity contribution in [2.45, 2.75) is 31.5 Å². The molecule has 0 saturated carbocycles. The molecule has 1 fully saturated rings. The van der Waals surface area contributed by atoms with Crippen molar-refractivity contribution in [3.63, 3.8) is 0 Å². The van der Waals surface area contributed by atoms with Crippen LogP contribution in [0, 0.1) is 0 Å². The van der Waals surface area contributed by atoms with Gasteiger partial charge in [-0.05, 0) is 43.5 Å². The first-order valence-corrected chi connectivity index (χ1v) is 12.9. The highest BCUT2D eigenvalue weighted by Gasteiger charge is 2.43. The number of hydrogen-bond donors (Lipinski definition) is 6. The number of aromatic nitrogens is 2. The monoisotopic (exact) mass is 554 g/mol. The van der Waals surface area contributed by atoms with Gasteiger partial charge in [0.15, 0.2) is 10.8 Å². The Hall–Kier alpha value is -4.43. The van der Waals surface area contributed by atoms with E-state index in [0.717, 1.165) is 22.1 Å². The Morgan fingerprint density at radius 2 is 2.15 bits per heavy atom. The summed E-state index contributed by atoms with van der Waals surface area (Å²) in [4.78, 5) is 38.7. The van der Waals surface area contributed by atoms with E-state index < -0.39 is 23.5 Å². The third kappa shape index (κ3) is 6.35. The van der Waals surface area contributed by atoms with Gasteiger partial charge < -0.3 is 42.1 Å². The number of aliphatic carboxylic acids is 1. The van der Waals surface area contributed by atoms with Gasteiger partial charge in [0.25, 0.3) is 12.0 Å². The number of benzene rings is 1. The SMILES string of the molecule is C=C1NC(C)(C)[C@@H]1NC(=O)/C(=N\OC(COc1ccc2c(NCCN)nccc2c1)C(=O)O)c1csc(N)n1. The van der Waals surface area contributed by atoms with Gasteiger partial charge in [-0.2, -0.15) is 0 Å². The molecule has 1 aliphatic rings. The quantitative estimate of drug-likeness (QED) is 0.139. The minimum atomic E-state index is -1.52. The number of thiazole rings is 1. The van der Waals surface area contributed by atoms with Crippen molar-refractivity contribution >= 4 is 50.6 Å². The van der Waals surface area contributed by atoms with Gasteiger partial charge in [-0.1, -0.05) is 11.7 Å². The van der Waals surface area contributed by atoms with Crippen molar-refractivity contribution < 1.29 is 24.3 Å². The minimum absolute atomic E-state index is 0.151. The molecule has 1 aromatic carbocycles. The Morgan fingerprint density at radius 1 is 1.36 bits per heavy atom. The number of amides is 1. The molecule has 0 spiro atoms. The van der Waals surface area contributed by atoms with E-state index in [-0.39, 0.29) is 29.2 Å². The summed E-state index contributed by atoms with van der Waals surface area (Å²) in [6.45, 7) is 8.34. The fraction of sp³-hybridized carbons (Fsp3) is 0.320. The lowest BCUT2D eigenvalue weighted by atomic mass is 9.83. The molecule has 1 unspecified atom stereocenters. The van der Waals surface area contributed by atoms with Crippen molar-refractivity contribution in [2.24, 2.45) is 10.9 Å². The summed E-state index contributed by atoms with van der Waals surface area (Å²) in [7, 11) is 0. The van der Waals surface area contributed by atoms with Crippen LogP contribution in [-0.2, 0) is 14.4 Å². The van der Waals surface area contributed by atoms with Crippen LogP contribution in [0.2, 0.25) is 0 Å². The molecular weight excluding hydrogens is 524 g/mol. The van der Waals surface area contributed by atoms with Crippen LogP contribution in [0.15, 0.2) is 53.3 Å². The first kappa shape index (κ1) is 27.6. The first-order valence-electron chi connectivity index (χ1n) is 12.0. The molecule has 2 atom stereocenters. The summed E-state index contributed by atoms with van der Waals surface area (Å²) in [5, 5.41) is 26.1. The van der Waals surface area contributed by atoms with Crippen LogP contribution in [-0.4, -0.2) is 70.0 Å². The first-order chi connectivity index (χ1) is 18.6. The van der Waals surface area contributed by atoms with Gasteiger partial charge >= 0.3 is 5.97 Å². The standard InChI is InChI=1S/C25H30N8O5S/c1-13-20(25(2,3)32-13)31-22(34)19(17-12-39-24(27)30-17)33-38-18(23(35)36)11-37-15-4-5-16-14(10-15)6-8-28-21(16)29-9-7-26/h4-6,8,10,12,18,20,32H,1,7,9,11,26H2,2-3H3,(H2,27,30)(H,28,29)(H,31,34)(H,35,36)/b33-19-/t18?,20-/m1/s1. The topological polar surface area (TPSA) is 199 Å². The second-order valence-corrected chi connectivity index (χ2v) is 10.2. The van der Waals surface area contributed by atoms with E-state index in [0.29, 0.717) is 30.4 Å². The second-order valence-electron chi connectivity index (χ2n) is 9.29. The Balaban J connectivity index is 1.49. The van der Waals surface area contributed by atoms with E-state index in [9.17, 15) is 14.7 Å². The number of nitrogens with zero attached hydrogens (tertiary/aromatic N) is 3. The number of hydrogen-bond acceptors (Lipinski definition) is 12. The third-order valence-electron chi connectivity index (χ3n) is 5.93. The average Bonchev–Trinajstić information content (AvgIpc) is 3.32. The average molecular weight is 555 g/mol. The lowest BCUT2D eigenvalue weighted by Crippen LogP contribution is -2.69. The van der Waals surface area contributed by atoms with Crippen molar-refractivity contribution in [2.75, 3.05) is 30.7 Å². The smallest absolute Gasteiger partial charge is 0.351 e. The Labute approximate surface area is 228 Å². The maximum atomic E-state index is 13.1. The number of nitrogens with one attached hydrogen (secondary N) is 3. The van der Waals surface area contributed by atoms with Gasteiger partial charge in [0, 0.05) is 35.7 Å². The van der Waals surface area contributed by atoms with Crippen LogP contribution in [0.4, 0.5) is 10.9 Å². The van der Waals surface area contributed by atoms with E-state index in [1.165, 1.54) is 5.38 Å².